The van der Waals surface area contributed by atoms with Crippen molar-refractivity contribution in [3.8, 4) is 0 Å². The molecular weight excluding hydrogens is 200 g/mol. The Morgan fingerprint density at radius 3 is 1.67 bits per heavy atom. The summed E-state index contributed by atoms with van der Waals surface area (Å²) in [6, 6.07) is 0. The van der Waals surface area contributed by atoms with Crippen LogP contribution < -0.4 is 0 Å². The SMILES string of the molecule is CC[C@H](C)Cc1cscc1C[C@@H](C)CC. The maximum Gasteiger partial charge on any atom is -0.00583 e. The molecule has 0 saturated heterocycles. The molecule has 0 aliphatic rings. The van der Waals surface area contributed by atoms with E-state index in [2.05, 4.69) is 38.5 Å². The molecule has 1 aromatic rings. The highest BCUT2D eigenvalue weighted by Gasteiger charge is 2.09. The molecule has 1 heteroatoms. The van der Waals surface area contributed by atoms with Gasteiger partial charge in [-0.1, -0.05) is 40.5 Å². The highest BCUT2D eigenvalue weighted by atomic mass is 32.1. The van der Waals surface area contributed by atoms with Gasteiger partial charge in [-0.3, -0.25) is 0 Å². The Kier molecular flexibility index (Phi) is 5.38. The smallest absolute Gasteiger partial charge is 0.00583 e. The average molecular weight is 224 g/mol. The summed E-state index contributed by atoms with van der Waals surface area (Å²) in [5.74, 6) is 1.66. The molecule has 0 aliphatic carbocycles. The van der Waals surface area contributed by atoms with Crippen LogP contribution in [0.4, 0.5) is 0 Å². The van der Waals surface area contributed by atoms with Crippen molar-refractivity contribution in [2.45, 2.75) is 53.4 Å². The first-order valence-corrected chi connectivity index (χ1v) is 7.15. The maximum atomic E-state index is 2.35. The Hall–Kier alpha value is -0.300. The first-order chi connectivity index (χ1) is 7.17. The fraction of sp³-hybridized carbons (Fsp3) is 0.714. The molecule has 0 nitrogen and oxygen atoms in total. The normalized spacial score (nSPS) is 15.2. The van der Waals surface area contributed by atoms with Crippen LogP contribution in [0.15, 0.2) is 10.8 Å². The minimum absolute atomic E-state index is 0.829. The zero-order chi connectivity index (χ0) is 11.3. The predicted molar refractivity (Wildman–Crippen MR) is 70.6 cm³/mol. The number of hydrogen-bond acceptors (Lipinski definition) is 1. The van der Waals surface area contributed by atoms with Gasteiger partial charge < -0.3 is 0 Å². The topological polar surface area (TPSA) is 0 Å². The van der Waals surface area contributed by atoms with E-state index in [1.54, 1.807) is 11.1 Å². The van der Waals surface area contributed by atoms with E-state index < -0.39 is 0 Å². The standard InChI is InChI=1S/C14H24S/c1-5-11(3)7-13-9-15-10-14(13)8-12(4)6-2/h9-12H,5-8H2,1-4H3/t11-,12-/m0/s1. The zero-order valence-corrected chi connectivity index (χ0v) is 11.4. The summed E-state index contributed by atoms with van der Waals surface area (Å²) in [7, 11) is 0. The predicted octanol–water partition coefficient (Wildman–Crippen LogP) is 4.93. The lowest BCUT2D eigenvalue weighted by atomic mass is 9.93. The molecule has 86 valence electrons. The van der Waals surface area contributed by atoms with Gasteiger partial charge in [0.2, 0.25) is 0 Å². The molecule has 0 N–H and O–H groups in total. The van der Waals surface area contributed by atoms with E-state index in [9.17, 15) is 0 Å². The van der Waals surface area contributed by atoms with Crippen LogP contribution in [0.3, 0.4) is 0 Å². The summed E-state index contributed by atoms with van der Waals surface area (Å²) in [5, 5.41) is 4.70. The largest absolute Gasteiger partial charge is 0.152 e. The van der Waals surface area contributed by atoms with Crippen LogP contribution in [-0.4, -0.2) is 0 Å². The summed E-state index contributed by atoms with van der Waals surface area (Å²) in [4.78, 5) is 0. The van der Waals surface area contributed by atoms with Crippen molar-refractivity contribution < 1.29 is 0 Å². The molecule has 2 atom stereocenters. The average Bonchev–Trinajstić information content (AvgIpc) is 2.65. The van der Waals surface area contributed by atoms with Gasteiger partial charge in [-0.25, -0.2) is 0 Å². The van der Waals surface area contributed by atoms with E-state index in [-0.39, 0.29) is 0 Å². The highest BCUT2D eigenvalue weighted by Crippen LogP contribution is 2.23. The molecule has 0 unspecified atom stereocenters. The second kappa shape index (κ2) is 6.32. The molecule has 0 aliphatic heterocycles. The summed E-state index contributed by atoms with van der Waals surface area (Å²) in [6.45, 7) is 9.27. The van der Waals surface area contributed by atoms with Gasteiger partial charge in [0.25, 0.3) is 0 Å². The van der Waals surface area contributed by atoms with E-state index in [0.717, 1.165) is 11.8 Å². The zero-order valence-electron chi connectivity index (χ0n) is 10.5. The Bertz CT molecular complexity index is 248. The Morgan fingerprint density at radius 1 is 0.933 bits per heavy atom. The summed E-state index contributed by atoms with van der Waals surface area (Å²) in [6.07, 6.45) is 5.12. The molecule has 15 heavy (non-hydrogen) atoms. The van der Waals surface area contributed by atoms with Gasteiger partial charge in [-0.05, 0) is 46.6 Å². The first kappa shape index (κ1) is 12.8. The molecule has 1 heterocycles. The third-order valence-electron chi connectivity index (χ3n) is 3.36. The molecule has 1 aromatic heterocycles. The Morgan fingerprint density at radius 2 is 1.33 bits per heavy atom. The maximum absolute atomic E-state index is 2.35. The van der Waals surface area contributed by atoms with Crippen LogP contribution in [0.2, 0.25) is 0 Å². The highest BCUT2D eigenvalue weighted by molar-refractivity contribution is 7.08. The van der Waals surface area contributed by atoms with Crippen LogP contribution in [0.25, 0.3) is 0 Å². The van der Waals surface area contributed by atoms with Crippen LogP contribution in [0, 0.1) is 11.8 Å². The molecule has 0 radical (unpaired) electrons. The van der Waals surface area contributed by atoms with Crippen molar-refractivity contribution in [2.75, 3.05) is 0 Å². The molecule has 0 bridgehead atoms. The monoisotopic (exact) mass is 224 g/mol. The summed E-state index contributed by atoms with van der Waals surface area (Å²) < 4.78 is 0. The lowest BCUT2D eigenvalue weighted by Crippen LogP contribution is -2.03. The third-order valence-corrected chi connectivity index (χ3v) is 4.20. The summed E-state index contributed by atoms with van der Waals surface area (Å²) >= 11 is 1.87. The van der Waals surface area contributed by atoms with Gasteiger partial charge >= 0.3 is 0 Å². The van der Waals surface area contributed by atoms with Crippen molar-refractivity contribution >= 4 is 11.3 Å². The van der Waals surface area contributed by atoms with Gasteiger partial charge in [-0.15, -0.1) is 0 Å². The van der Waals surface area contributed by atoms with Crippen molar-refractivity contribution in [1.82, 2.24) is 0 Å². The van der Waals surface area contributed by atoms with Gasteiger partial charge in [0.05, 0.1) is 0 Å². The van der Waals surface area contributed by atoms with E-state index in [0.29, 0.717) is 0 Å². The molecule has 0 saturated carbocycles. The molecule has 1 rings (SSSR count). The fourth-order valence-electron chi connectivity index (χ4n) is 1.75. The molecular formula is C14H24S. The third kappa shape index (κ3) is 3.98. The van der Waals surface area contributed by atoms with Crippen molar-refractivity contribution in [3.05, 3.63) is 21.9 Å². The minimum Gasteiger partial charge on any atom is -0.152 e. The van der Waals surface area contributed by atoms with Crippen molar-refractivity contribution in [2.24, 2.45) is 11.8 Å². The van der Waals surface area contributed by atoms with E-state index in [1.165, 1.54) is 25.7 Å². The van der Waals surface area contributed by atoms with Crippen LogP contribution >= 0.6 is 11.3 Å². The minimum atomic E-state index is 0.829. The molecule has 0 spiro atoms. The van der Waals surface area contributed by atoms with E-state index in [1.807, 2.05) is 11.3 Å². The van der Waals surface area contributed by atoms with Gasteiger partial charge in [0, 0.05) is 0 Å². The van der Waals surface area contributed by atoms with Crippen LogP contribution in [0.5, 0.6) is 0 Å². The quantitative estimate of drug-likeness (QED) is 0.643. The van der Waals surface area contributed by atoms with Crippen LogP contribution in [-0.2, 0) is 12.8 Å². The van der Waals surface area contributed by atoms with Gasteiger partial charge in [0.15, 0.2) is 0 Å². The molecule has 0 aromatic carbocycles. The number of hydrogen-bond donors (Lipinski definition) is 0. The lowest BCUT2D eigenvalue weighted by molar-refractivity contribution is 0.539. The Balaban J connectivity index is 2.60. The first-order valence-electron chi connectivity index (χ1n) is 6.21. The second-order valence-corrected chi connectivity index (χ2v) is 5.60. The number of rotatable bonds is 6. The number of thiophene rings is 1. The summed E-state index contributed by atoms with van der Waals surface area (Å²) in [5.41, 5.74) is 3.21. The van der Waals surface area contributed by atoms with Crippen molar-refractivity contribution in [1.29, 1.82) is 0 Å². The van der Waals surface area contributed by atoms with Gasteiger partial charge in [0.1, 0.15) is 0 Å². The van der Waals surface area contributed by atoms with Crippen LogP contribution in [0.1, 0.15) is 51.7 Å². The molecule has 0 fully saturated rings. The van der Waals surface area contributed by atoms with E-state index in [4.69, 9.17) is 0 Å². The lowest BCUT2D eigenvalue weighted by Gasteiger charge is -2.12. The molecule has 0 amide bonds. The van der Waals surface area contributed by atoms with E-state index >= 15 is 0 Å². The fourth-order valence-corrected chi connectivity index (χ4v) is 2.64. The second-order valence-electron chi connectivity index (χ2n) is 4.86. The Labute approximate surface area is 98.7 Å². The van der Waals surface area contributed by atoms with Gasteiger partial charge in [-0.2, -0.15) is 11.3 Å². The van der Waals surface area contributed by atoms with Crippen molar-refractivity contribution in [3.63, 3.8) is 0 Å².